The Kier molecular flexibility index (Phi) is 7.47. The smallest absolute Gasteiger partial charge is 0.260 e. The lowest BCUT2D eigenvalue weighted by Gasteiger charge is -2.30. The number of rotatable bonds is 8. The number of benzene rings is 1. The maximum Gasteiger partial charge on any atom is 0.260 e. The number of ether oxygens (including phenoxy) is 3. The highest BCUT2D eigenvalue weighted by Gasteiger charge is 2.30. The van der Waals surface area contributed by atoms with Crippen molar-refractivity contribution in [2.45, 2.75) is 38.3 Å². The minimum absolute atomic E-state index is 0.0210. The molecule has 1 amide bonds. The summed E-state index contributed by atoms with van der Waals surface area (Å²) >= 11 is 1.91. The Morgan fingerprint density at radius 1 is 1.37 bits per heavy atom. The number of methoxy groups -OCH3 is 1. The highest BCUT2D eigenvalue weighted by atomic mass is 32.2. The van der Waals surface area contributed by atoms with Crippen LogP contribution in [0.25, 0.3) is 6.08 Å². The molecule has 27 heavy (non-hydrogen) atoms. The molecule has 0 saturated carbocycles. The molecule has 2 aliphatic heterocycles. The van der Waals surface area contributed by atoms with Crippen LogP contribution in [0.4, 0.5) is 0 Å². The summed E-state index contributed by atoms with van der Waals surface area (Å²) in [5.74, 6) is 3.37. The summed E-state index contributed by atoms with van der Waals surface area (Å²) in [5.41, 5.74) is 1.04. The zero-order valence-corrected chi connectivity index (χ0v) is 17.0. The van der Waals surface area contributed by atoms with E-state index in [0.29, 0.717) is 18.0 Å². The average Bonchev–Trinajstić information content (AvgIpc) is 3.38. The number of thioether (sulfide) groups is 1. The molecule has 2 aliphatic rings. The summed E-state index contributed by atoms with van der Waals surface area (Å²) in [6.07, 6.45) is 7.29. The Hall–Kier alpha value is -1.66. The molecule has 0 radical (unpaired) electrons. The fourth-order valence-electron chi connectivity index (χ4n) is 3.55. The first-order chi connectivity index (χ1) is 13.2. The number of amides is 1. The third kappa shape index (κ3) is 5.42. The molecule has 6 heteroatoms. The molecule has 1 aromatic rings. The first kappa shape index (κ1) is 20.1. The molecule has 3 rings (SSSR count). The van der Waals surface area contributed by atoms with Gasteiger partial charge in [-0.05, 0) is 49.6 Å². The molecule has 0 aliphatic carbocycles. The summed E-state index contributed by atoms with van der Waals surface area (Å²) in [7, 11) is 1.61. The van der Waals surface area contributed by atoms with E-state index in [0.717, 1.165) is 42.9 Å². The lowest BCUT2D eigenvalue weighted by Crippen LogP contribution is -2.46. The van der Waals surface area contributed by atoms with Crippen molar-refractivity contribution in [3.05, 3.63) is 29.8 Å². The van der Waals surface area contributed by atoms with Gasteiger partial charge in [0.05, 0.1) is 13.2 Å². The molecular formula is C21H29NO4S. The highest BCUT2D eigenvalue weighted by Crippen LogP contribution is 2.29. The van der Waals surface area contributed by atoms with Gasteiger partial charge in [0, 0.05) is 24.9 Å². The van der Waals surface area contributed by atoms with Gasteiger partial charge in [0.1, 0.15) is 0 Å². The number of nitrogens with zero attached hydrogens (tertiary/aromatic N) is 1. The van der Waals surface area contributed by atoms with Gasteiger partial charge in [-0.3, -0.25) is 4.79 Å². The van der Waals surface area contributed by atoms with Crippen LogP contribution in [0.5, 0.6) is 11.5 Å². The van der Waals surface area contributed by atoms with E-state index >= 15 is 0 Å². The van der Waals surface area contributed by atoms with Crippen molar-refractivity contribution >= 4 is 23.7 Å². The van der Waals surface area contributed by atoms with Crippen molar-refractivity contribution in [1.82, 2.24) is 4.90 Å². The number of carbonyl (C=O) groups is 1. The normalized spacial score (nSPS) is 22.3. The van der Waals surface area contributed by atoms with Gasteiger partial charge in [0.15, 0.2) is 18.1 Å². The van der Waals surface area contributed by atoms with Gasteiger partial charge in [-0.15, -0.1) is 0 Å². The minimum atomic E-state index is 0.0210. The second-order valence-electron chi connectivity index (χ2n) is 6.90. The molecule has 2 heterocycles. The second kappa shape index (κ2) is 10.0. The van der Waals surface area contributed by atoms with Crippen molar-refractivity contribution in [3.8, 4) is 11.5 Å². The Morgan fingerprint density at radius 2 is 2.26 bits per heavy atom. The summed E-state index contributed by atoms with van der Waals surface area (Å²) in [6, 6.07) is 6.02. The van der Waals surface area contributed by atoms with Crippen molar-refractivity contribution in [2.75, 3.05) is 38.4 Å². The summed E-state index contributed by atoms with van der Waals surface area (Å²) in [4.78, 5) is 14.9. The monoisotopic (exact) mass is 391 g/mol. The Bertz CT molecular complexity index is 652. The molecule has 2 unspecified atom stereocenters. The summed E-state index contributed by atoms with van der Waals surface area (Å²) in [5, 5.41) is 0. The van der Waals surface area contributed by atoms with Gasteiger partial charge in [0.2, 0.25) is 0 Å². The largest absolute Gasteiger partial charge is 0.493 e. The van der Waals surface area contributed by atoms with Crippen LogP contribution in [-0.2, 0) is 9.53 Å². The molecule has 1 aromatic carbocycles. The van der Waals surface area contributed by atoms with Crippen molar-refractivity contribution in [1.29, 1.82) is 0 Å². The predicted molar refractivity (Wildman–Crippen MR) is 110 cm³/mol. The van der Waals surface area contributed by atoms with Gasteiger partial charge in [-0.2, -0.15) is 11.8 Å². The minimum Gasteiger partial charge on any atom is -0.493 e. The molecule has 2 saturated heterocycles. The van der Waals surface area contributed by atoms with Crippen molar-refractivity contribution in [2.24, 2.45) is 0 Å². The van der Waals surface area contributed by atoms with Gasteiger partial charge in [-0.25, -0.2) is 0 Å². The summed E-state index contributed by atoms with van der Waals surface area (Å²) < 4.78 is 17.0. The molecule has 0 bridgehead atoms. The van der Waals surface area contributed by atoms with Crippen LogP contribution >= 0.6 is 11.8 Å². The quantitative estimate of drug-likeness (QED) is 0.677. The SMILES string of the molecule is C/C=C/c1ccc(OCC(=O)N(CC2CCCO2)C2CCSC2)c(OC)c1. The van der Waals surface area contributed by atoms with E-state index in [4.69, 9.17) is 14.2 Å². The van der Waals surface area contributed by atoms with Gasteiger partial charge >= 0.3 is 0 Å². The lowest BCUT2D eigenvalue weighted by molar-refractivity contribution is -0.137. The van der Waals surface area contributed by atoms with Crippen LogP contribution < -0.4 is 9.47 Å². The van der Waals surface area contributed by atoms with Gasteiger partial charge in [0.25, 0.3) is 5.91 Å². The third-order valence-corrected chi connectivity index (χ3v) is 6.13. The zero-order valence-electron chi connectivity index (χ0n) is 16.2. The van der Waals surface area contributed by atoms with Crippen LogP contribution in [0.1, 0.15) is 31.7 Å². The van der Waals surface area contributed by atoms with Crippen LogP contribution in [0, 0.1) is 0 Å². The fraction of sp³-hybridized carbons (Fsp3) is 0.571. The Balaban J connectivity index is 1.64. The van der Waals surface area contributed by atoms with E-state index in [1.165, 1.54) is 0 Å². The molecule has 0 spiro atoms. The molecule has 5 nitrogen and oxygen atoms in total. The van der Waals surface area contributed by atoms with E-state index in [1.807, 2.05) is 53.9 Å². The molecule has 0 N–H and O–H groups in total. The van der Waals surface area contributed by atoms with Crippen LogP contribution in [-0.4, -0.2) is 61.3 Å². The zero-order chi connectivity index (χ0) is 19.1. The molecular weight excluding hydrogens is 362 g/mol. The van der Waals surface area contributed by atoms with Crippen LogP contribution in [0.15, 0.2) is 24.3 Å². The van der Waals surface area contributed by atoms with Crippen molar-refractivity contribution in [3.63, 3.8) is 0 Å². The van der Waals surface area contributed by atoms with Crippen LogP contribution in [0.2, 0.25) is 0 Å². The van der Waals surface area contributed by atoms with E-state index in [2.05, 4.69) is 0 Å². The Labute approximate surface area is 166 Å². The van der Waals surface area contributed by atoms with E-state index in [9.17, 15) is 4.79 Å². The second-order valence-corrected chi connectivity index (χ2v) is 8.05. The van der Waals surface area contributed by atoms with E-state index in [1.54, 1.807) is 7.11 Å². The predicted octanol–water partition coefficient (Wildman–Crippen LogP) is 3.62. The van der Waals surface area contributed by atoms with Crippen molar-refractivity contribution < 1.29 is 19.0 Å². The molecule has 2 atom stereocenters. The first-order valence-corrected chi connectivity index (χ1v) is 10.8. The molecule has 0 aromatic heterocycles. The van der Waals surface area contributed by atoms with E-state index in [-0.39, 0.29) is 24.7 Å². The van der Waals surface area contributed by atoms with Gasteiger partial charge in [-0.1, -0.05) is 18.2 Å². The Morgan fingerprint density at radius 3 is 2.93 bits per heavy atom. The number of allylic oxidation sites excluding steroid dienone is 1. The first-order valence-electron chi connectivity index (χ1n) is 9.63. The lowest BCUT2D eigenvalue weighted by atomic mass is 10.1. The molecule has 2 fully saturated rings. The van der Waals surface area contributed by atoms with Crippen LogP contribution in [0.3, 0.4) is 0 Å². The number of hydrogen-bond donors (Lipinski definition) is 0. The highest BCUT2D eigenvalue weighted by molar-refractivity contribution is 7.99. The number of carbonyl (C=O) groups excluding carboxylic acids is 1. The third-order valence-electron chi connectivity index (χ3n) is 4.99. The average molecular weight is 392 g/mol. The van der Waals surface area contributed by atoms with E-state index < -0.39 is 0 Å². The standard InChI is InChI=1S/C21H29NO4S/c1-3-5-16-7-8-19(20(12-16)24-2)26-14-21(23)22(17-9-11-27-15-17)13-18-6-4-10-25-18/h3,5,7-8,12,17-18H,4,6,9-11,13-15H2,1-2H3/b5-3+. The maximum absolute atomic E-state index is 12.9. The maximum atomic E-state index is 12.9. The fourth-order valence-corrected chi connectivity index (χ4v) is 4.78. The molecule has 148 valence electrons. The summed E-state index contributed by atoms with van der Waals surface area (Å²) in [6.45, 7) is 3.47. The topological polar surface area (TPSA) is 48.0 Å². The van der Waals surface area contributed by atoms with Gasteiger partial charge < -0.3 is 19.1 Å². The number of hydrogen-bond acceptors (Lipinski definition) is 5.